The molecule has 6 nitrogen and oxygen atoms in total. The number of anilines is 1. The second-order valence-corrected chi connectivity index (χ2v) is 5.90. The van der Waals surface area contributed by atoms with Crippen LogP contribution in [0.5, 0.6) is 5.75 Å². The second kappa shape index (κ2) is 8.93. The SMILES string of the molecule is COc1ccc(CC(=O)O[C@@H](C)C(=O)Nc2cccc(C(C)=O)c2)cc1F. The van der Waals surface area contributed by atoms with E-state index in [1.54, 1.807) is 24.3 Å². The van der Waals surface area contributed by atoms with Crippen LogP contribution >= 0.6 is 0 Å². The van der Waals surface area contributed by atoms with Crippen molar-refractivity contribution in [2.45, 2.75) is 26.4 Å². The highest BCUT2D eigenvalue weighted by molar-refractivity contribution is 5.98. The summed E-state index contributed by atoms with van der Waals surface area (Å²) in [6, 6.07) is 10.6. The summed E-state index contributed by atoms with van der Waals surface area (Å²) in [4.78, 5) is 35.5. The maximum absolute atomic E-state index is 13.7. The molecule has 0 heterocycles. The molecule has 1 N–H and O–H groups in total. The summed E-state index contributed by atoms with van der Waals surface area (Å²) in [5.41, 5.74) is 1.28. The van der Waals surface area contributed by atoms with Crippen molar-refractivity contribution in [1.82, 2.24) is 0 Å². The van der Waals surface area contributed by atoms with Gasteiger partial charge in [0, 0.05) is 11.3 Å². The van der Waals surface area contributed by atoms with Gasteiger partial charge in [-0.1, -0.05) is 18.2 Å². The van der Waals surface area contributed by atoms with E-state index in [9.17, 15) is 18.8 Å². The monoisotopic (exact) mass is 373 g/mol. The Morgan fingerprint density at radius 1 is 1.15 bits per heavy atom. The zero-order valence-electron chi connectivity index (χ0n) is 15.2. The molecule has 0 saturated heterocycles. The molecule has 0 bridgehead atoms. The number of ketones is 1. The van der Waals surface area contributed by atoms with Crippen LogP contribution in [-0.4, -0.2) is 30.9 Å². The van der Waals surface area contributed by atoms with Crippen molar-refractivity contribution < 1.29 is 28.2 Å². The number of rotatable bonds is 7. The number of Topliss-reactive ketones (excluding diaryl/α,β-unsaturated/α-hetero) is 1. The van der Waals surface area contributed by atoms with E-state index in [4.69, 9.17) is 9.47 Å². The molecular formula is C20H20FNO5. The lowest BCUT2D eigenvalue weighted by Gasteiger charge is -2.14. The third-order valence-corrected chi connectivity index (χ3v) is 3.78. The molecule has 0 aromatic heterocycles. The number of carbonyl (C=O) groups is 3. The van der Waals surface area contributed by atoms with Crippen molar-refractivity contribution in [3.05, 3.63) is 59.4 Å². The van der Waals surface area contributed by atoms with Crippen LogP contribution in [0.2, 0.25) is 0 Å². The van der Waals surface area contributed by atoms with Gasteiger partial charge in [-0.25, -0.2) is 4.39 Å². The maximum atomic E-state index is 13.7. The van der Waals surface area contributed by atoms with Crippen molar-refractivity contribution >= 4 is 23.3 Å². The maximum Gasteiger partial charge on any atom is 0.311 e. The molecule has 1 atom stereocenters. The zero-order valence-corrected chi connectivity index (χ0v) is 15.2. The van der Waals surface area contributed by atoms with Gasteiger partial charge in [0.05, 0.1) is 13.5 Å². The Kier molecular flexibility index (Phi) is 6.65. The summed E-state index contributed by atoms with van der Waals surface area (Å²) in [7, 11) is 1.35. The normalized spacial score (nSPS) is 11.4. The zero-order chi connectivity index (χ0) is 20.0. The molecule has 27 heavy (non-hydrogen) atoms. The van der Waals surface area contributed by atoms with Crippen LogP contribution in [0.25, 0.3) is 0 Å². The predicted molar refractivity (Wildman–Crippen MR) is 97.3 cm³/mol. The van der Waals surface area contributed by atoms with Gasteiger partial charge in [-0.2, -0.15) is 0 Å². The Balaban J connectivity index is 1.93. The third kappa shape index (κ3) is 5.64. The van der Waals surface area contributed by atoms with Crippen molar-refractivity contribution in [2.75, 3.05) is 12.4 Å². The van der Waals surface area contributed by atoms with Crippen LogP contribution in [0.3, 0.4) is 0 Å². The Morgan fingerprint density at radius 3 is 2.52 bits per heavy atom. The van der Waals surface area contributed by atoms with Crippen LogP contribution in [0, 0.1) is 5.82 Å². The van der Waals surface area contributed by atoms with Crippen LogP contribution in [0.15, 0.2) is 42.5 Å². The first-order valence-electron chi connectivity index (χ1n) is 8.24. The fraction of sp³-hybridized carbons (Fsp3) is 0.250. The lowest BCUT2D eigenvalue weighted by molar-refractivity contribution is -0.152. The summed E-state index contributed by atoms with van der Waals surface area (Å²) in [5, 5.41) is 2.59. The number of benzene rings is 2. The minimum absolute atomic E-state index is 0.0765. The largest absolute Gasteiger partial charge is 0.494 e. The summed E-state index contributed by atoms with van der Waals surface area (Å²) in [6.45, 7) is 2.85. The molecule has 1 amide bonds. The Bertz CT molecular complexity index is 865. The minimum Gasteiger partial charge on any atom is -0.494 e. The van der Waals surface area contributed by atoms with Gasteiger partial charge >= 0.3 is 5.97 Å². The first-order valence-corrected chi connectivity index (χ1v) is 8.24. The molecule has 0 saturated carbocycles. The number of methoxy groups -OCH3 is 1. The average molecular weight is 373 g/mol. The summed E-state index contributed by atoms with van der Waals surface area (Å²) in [5.74, 6) is -1.84. The molecule has 0 aliphatic heterocycles. The van der Waals surface area contributed by atoms with E-state index in [-0.39, 0.29) is 18.0 Å². The van der Waals surface area contributed by atoms with Gasteiger partial charge in [0.1, 0.15) is 0 Å². The van der Waals surface area contributed by atoms with E-state index in [1.165, 1.54) is 39.2 Å². The quantitative estimate of drug-likeness (QED) is 0.596. The molecule has 0 spiro atoms. The summed E-state index contributed by atoms with van der Waals surface area (Å²) >= 11 is 0. The molecule has 142 valence electrons. The predicted octanol–water partition coefficient (Wildman–Crippen LogP) is 3.15. The van der Waals surface area contributed by atoms with Crippen molar-refractivity contribution in [2.24, 2.45) is 0 Å². The average Bonchev–Trinajstić information content (AvgIpc) is 2.61. The van der Waals surface area contributed by atoms with Crippen molar-refractivity contribution in [1.29, 1.82) is 0 Å². The van der Waals surface area contributed by atoms with Gasteiger partial charge in [-0.05, 0) is 43.7 Å². The first-order chi connectivity index (χ1) is 12.8. The Morgan fingerprint density at radius 2 is 1.89 bits per heavy atom. The van der Waals surface area contributed by atoms with Gasteiger partial charge in [0.25, 0.3) is 5.91 Å². The van der Waals surface area contributed by atoms with Gasteiger partial charge in [-0.3, -0.25) is 14.4 Å². The summed E-state index contributed by atoms with van der Waals surface area (Å²) < 4.78 is 23.6. The second-order valence-electron chi connectivity index (χ2n) is 5.90. The van der Waals surface area contributed by atoms with E-state index >= 15 is 0 Å². The van der Waals surface area contributed by atoms with Gasteiger partial charge in [-0.15, -0.1) is 0 Å². The van der Waals surface area contributed by atoms with E-state index in [0.717, 1.165) is 0 Å². The molecule has 7 heteroatoms. The number of amides is 1. The third-order valence-electron chi connectivity index (χ3n) is 3.78. The molecule has 2 rings (SSSR count). The lowest BCUT2D eigenvalue weighted by Crippen LogP contribution is -2.30. The number of ether oxygens (including phenoxy) is 2. The number of hydrogen-bond donors (Lipinski definition) is 1. The van der Waals surface area contributed by atoms with Crippen LogP contribution in [0.1, 0.15) is 29.8 Å². The first kappa shape index (κ1) is 20.1. The lowest BCUT2D eigenvalue weighted by atomic mass is 10.1. The molecule has 0 unspecified atom stereocenters. The topological polar surface area (TPSA) is 81.7 Å². The number of nitrogens with one attached hydrogen (secondary N) is 1. The number of carbonyl (C=O) groups excluding carboxylic acids is 3. The van der Waals surface area contributed by atoms with Gasteiger partial charge in [0.15, 0.2) is 23.5 Å². The highest BCUT2D eigenvalue weighted by Crippen LogP contribution is 2.18. The van der Waals surface area contributed by atoms with E-state index in [0.29, 0.717) is 16.8 Å². The van der Waals surface area contributed by atoms with Crippen LogP contribution < -0.4 is 10.1 Å². The number of halogens is 1. The van der Waals surface area contributed by atoms with Crippen molar-refractivity contribution in [3.63, 3.8) is 0 Å². The van der Waals surface area contributed by atoms with Crippen LogP contribution in [-0.2, 0) is 20.7 Å². The molecule has 0 aliphatic rings. The van der Waals surface area contributed by atoms with E-state index in [1.807, 2.05) is 0 Å². The standard InChI is InChI=1S/C20H20FNO5/c1-12(23)15-5-4-6-16(11-15)22-20(25)13(2)27-19(24)10-14-7-8-18(26-3)17(21)9-14/h4-9,11,13H,10H2,1-3H3,(H,22,25)/t13-/m0/s1. The molecule has 0 fully saturated rings. The number of esters is 1. The Hall–Kier alpha value is -3.22. The Labute approximate surface area is 156 Å². The smallest absolute Gasteiger partial charge is 0.311 e. The molecule has 0 aliphatic carbocycles. The van der Waals surface area contributed by atoms with Gasteiger partial charge < -0.3 is 14.8 Å². The van der Waals surface area contributed by atoms with Crippen molar-refractivity contribution in [3.8, 4) is 5.75 Å². The summed E-state index contributed by atoms with van der Waals surface area (Å²) in [6.07, 6.45) is -1.24. The molecule has 2 aromatic carbocycles. The highest BCUT2D eigenvalue weighted by atomic mass is 19.1. The van der Waals surface area contributed by atoms with E-state index in [2.05, 4.69) is 5.32 Å². The fourth-order valence-electron chi connectivity index (χ4n) is 2.34. The van der Waals surface area contributed by atoms with Crippen LogP contribution in [0.4, 0.5) is 10.1 Å². The minimum atomic E-state index is -1.05. The molecule has 2 aromatic rings. The van der Waals surface area contributed by atoms with E-state index < -0.39 is 23.8 Å². The molecular weight excluding hydrogens is 353 g/mol. The highest BCUT2D eigenvalue weighted by Gasteiger charge is 2.19. The van der Waals surface area contributed by atoms with Gasteiger partial charge in [0.2, 0.25) is 0 Å². The fourth-order valence-corrected chi connectivity index (χ4v) is 2.34. The molecule has 0 radical (unpaired) electrons. The number of hydrogen-bond acceptors (Lipinski definition) is 5.